The van der Waals surface area contributed by atoms with Gasteiger partial charge >= 0.3 is 0 Å². The highest BCUT2D eigenvalue weighted by molar-refractivity contribution is 5.94. The van der Waals surface area contributed by atoms with Crippen molar-refractivity contribution in [2.45, 2.75) is 84.3 Å². The number of benzene rings is 1. The number of nitrogens with zero attached hydrogens (tertiary/aromatic N) is 1. The molecule has 1 saturated heterocycles. The van der Waals surface area contributed by atoms with Crippen molar-refractivity contribution in [3.05, 3.63) is 35.1 Å². The molecule has 1 amide bonds. The Morgan fingerprint density at radius 2 is 1.84 bits per heavy atom. The van der Waals surface area contributed by atoms with Crippen molar-refractivity contribution in [2.75, 3.05) is 6.54 Å². The van der Waals surface area contributed by atoms with Crippen LogP contribution in [0.15, 0.2) is 18.2 Å². The lowest BCUT2D eigenvalue weighted by molar-refractivity contribution is 0.0441. The fraction of sp³-hybridized carbons (Fsp3) is 0.667. The van der Waals surface area contributed by atoms with Crippen molar-refractivity contribution >= 4 is 5.91 Å². The van der Waals surface area contributed by atoms with Crippen LogP contribution in [0.4, 0.5) is 4.39 Å². The molecule has 0 saturated carbocycles. The lowest BCUT2D eigenvalue weighted by atomic mass is 9.78. The normalized spacial score (nSPS) is 19.6. The zero-order valence-electron chi connectivity index (χ0n) is 16.6. The van der Waals surface area contributed by atoms with Crippen molar-refractivity contribution in [1.82, 2.24) is 10.2 Å². The quantitative estimate of drug-likeness (QED) is 0.837. The Labute approximate surface area is 152 Å². The Bertz CT molecular complexity index is 608. The molecular weight excluding hydrogens is 315 g/mol. The summed E-state index contributed by atoms with van der Waals surface area (Å²) in [6.07, 6.45) is 3.80. The molecule has 4 heteroatoms. The van der Waals surface area contributed by atoms with Crippen LogP contribution in [0.3, 0.4) is 0 Å². The highest BCUT2D eigenvalue weighted by Gasteiger charge is 2.41. The van der Waals surface area contributed by atoms with Gasteiger partial charge in [0.15, 0.2) is 0 Å². The van der Waals surface area contributed by atoms with Gasteiger partial charge in [0.05, 0.1) is 0 Å². The summed E-state index contributed by atoms with van der Waals surface area (Å²) in [5.41, 5.74) is 0.958. The van der Waals surface area contributed by atoms with Crippen molar-refractivity contribution in [2.24, 2.45) is 0 Å². The maximum absolute atomic E-state index is 14.0. The van der Waals surface area contributed by atoms with Gasteiger partial charge in [0.2, 0.25) is 0 Å². The third kappa shape index (κ3) is 5.04. The highest BCUT2D eigenvalue weighted by Crippen LogP contribution is 2.32. The fourth-order valence-corrected chi connectivity index (χ4v) is 4.16. The Morgan fingerprint density at radius 1 is 1.24 bits per heavy atom. The molecule has 1 aromatic rings. The summed E-state index contributed by atoms with van der Waals surface area (Å²) in [4.78, 5) is 15.2. The molecule has 1 fully saturated rings. The minimum atomic E-state index is -0.313. The standard InChI is InChI=1S/C21H33FN2O/c1-7-8-11-24(17-13-20(3,4)23-21(5,6)14-17)19(25)16-10-9-15(2)18(22)12-16/h9-10,12,17,23H,7-8,11,13-14H2,1-6H3. The molecule has 0 bridgehead atoms. The first-order valence-corrected chi connectivity index (χ1v) is 9.41. The molecule has 0 atom stereocenters. The molecule has 0 aliphatic carbocycles. The number of halogens is 1. The number of carbonyl (C=O) groups is 1. The van der Waals surface area contributed by atoms with E-state index in [0.29, 0.717) is 11.1 Å². The van der Waals surface area contributed by atoms with E-state index < -0.39 is 0 Å². The number of unbranched alkanes of at least 4 members (excludes halogenated alkanes) is 1. The summed E-state index contributed by atoms with van der Waals surface area (Å²) >= 11 is 0. The van der Waals surface area contributed by atoms with Crippen molar-refractivity contribution in [3.8, 4) is 0 Å². The summed E-state index contributed by atoms with van der Waals surface area (Å²) < 4.78 is 14.0. The van der Waals surface area contributed by atoms with Crippen LogP contribution in [0, 0.1) is 12.7 Å². The van der Waals surface area contributed by atoms with E-state index in [1.54, 1.807) is 19.1 Å². The van der Waals surface area contributed by atoms with Crippen LogP contribution in [0.1, 0.15) is 76.2 Å². The molecule has 1 N–H and O–H groups in total. The maximum Gasteiger partial charge on any atom is 0.254 e. The molecule has 0 radical (unpaired) electrons. The van der Waals surface area contributed by atoms with Crippen LogP contribution >= 0.6 is 0 Å². The van der Waals surface area contributed by atoms with Gasteiger partial charge < -0.3 is 10.2 Å². The molecule has 3 nitrogen and oxygen atoms in total. The molecular formula is C21H33FN2O. The Hall–Kier alpha value is -1.42. The number of hydrogen-bond donors (Lipinski definition) is 1. The van der Waals surface area contributed by atoms with E-state index >= 15 is 0 Å². The first-order chi connectivity index (χ1) is 11.5. The second kappa shape index (κ2) is 7.45. The second-order valence-corrected chi connectivity index (χ2v) is 8.77. The summed E-state index contributed by atoms with van der Waals surface area (Å²) in [5.74, 6) is -0.363. The molecule has 0 unspecified atom stereocenters. The van der Waals surface area contributed by atoms with Crippen molar-refractivity contribution < 1.29 is 9.18 Å². The minimum Gasteiger partial charge on any atom is -0.336 e. The van der Waals surface area contributed by atoms with E-state index in [1.807, 2.05) is 4.90 Å². The predicted molar refractivity (Wildman–Crippen MR) is 101 cm³/mol. The van der Waals surface area contributed by atoms with E-state index in [2.05, 4.69) is 39.9 Å². The van der Waals surface area contributed by atoms with Gasteiger partial charge in [-0.1, -0.05) is 19.4 Å². The van der Waals surface area contributed by atoms with Crippen molar-refractivity contribution in [3.63, 3.8) is 0 Å². The van der Waals surface area contributed by atoms with Crippen LogP contribution in [0.5, 0.6) is 0 Å². The zero-order valence-corrected chi connectivity index (χ0v) is 16.6. The zero-order chi connectivity index (χ0) is 18.8. The Balaban J connectivity index is 2.31. The molecule has 140 valence electrons. The van der Waals surface area contributed by atoms with E-state index in [-0.39, 0.29) is 28.8 Å². The first kappa shape index (κ1) is 19.9. The Kier molecular flexibility index (Phi) is 5.93. The van der Waals surface area contributed by atoms with Gasteiger partial charge in [-0.25, -0.2) is 4.39 Å². The third-order valence-electron chi connectivity index (χ3n) is 5.04. The molecule has 0 aromatic heterocycles. The van der Waals surface area contributed by atoms with Gasteiger partial charge in [-0.05, 0) is 71.6 Å². The third-order valence-corrected chi connectivity index (χ3v) is 5.04. The summed E-state index contributed by atoms with van der Waals surface area (Å²) in [5, 5.41) is 3.67. The van der Waals surface area contributed by atoms with Crippen molar-refractivity contribution in [1.29, 1.82) is 0 Å². The maximum atomic E-state index is 14.0. The second-order valence-electron chi connectivity index (χ2n) is 8.77. The molecule has 25 heavy (non-hydrogen) atoms. The largest absolute Gasteiger partial charge is 0.336 e. The first-order valence-electron chi connectivity index (χ1n) is 9.41. The summed E-state index contributed by atoms with van der Waals surface area (Å²) in [6, 6.07) is 4.98. The number of piperidine rings is 1. The van der Waals surface area contributed by atoms with Crippen LogP contribution in [0.25, 0.3) is 0 Å². The van der Waals surface area contributed by atoms with E-state index in [1.165, 1.54) is 6.07 Å². The lowest BCUT2D eigenvalue weighted by Crippen LogP contribution is -2.62. The van der Waals surface area contributed by atoms with Crippen LogP contribution < -0.4 is 5.32 Å². The SMILES string of the molecule is CCCCN(C(=O)c1ccc(C)c(F)c1)C1CC(C)(C)NC(C)(C)C1. The van der Waals surface area contributed by atoms with Gasteiger partial charge in [-0.3, -0.25) is 4.79 Å². The van der Waals surface area contributed by atoms with Gasteiger partial charge in [0, 0.05) is 29.2 Å². The van der Waals surface area contributed by atoms with Gasteiger partial charge in [-0.2, -0.15) is 0 Å². The molecule has 1 aliphatic rings. The molecule has 0 spiro atoms. The number of nitrogens with one attached hydrogen (secondary N) is 1. The smallest absolute Gasteiger partial charge is 0.254 e. The van der Waals surface area contributed by atoms with Gasteiger partial charge in [-0.15, -0.1) is 0 Å². The van der Waals surface area contributed by atoms with E-state index in [0.717, 1.165) is 32.2 Å². The Morgan fingerprint density at radius 3 is 2.36 bits per heavy atom. The summed E-state index contributed by atoms with van der Waals surface area (Å²) in [6.45, 7) is 13.3. The summed E-state index contributed by atoms with van der Waals surface area (Å²) in [7, 11) is 0. The monoisotopic (exact) mass is 348 g/mol. The minimum absolute atomic E-state index is 0.0321. The van der Waals surface area contributed by atoms with Crippen LogP contribution in [-0.2, 0) is 0 Å². The topological polar surface area (TPSA) is 32.3 Å². The molecule has 1 heterocycles. The number of amides is 1. The number of aryl methyl sites for hydroxylation is 1. The molecule has 1 aromatic carbocycles. The average Bonchev–Trinajstić information content (AvgIpc) is 2.47. The highest BCUT2D eigenvalue weighted by atomic mass is 19.1. The molecule has 1 aliphatic heterocycles. The lowest BCUT2D eigenvalue weighted by Gasteiger charge is -2.49. The van der Waals surface area contributed by atoms with E-state index in [9.17, 15) is 9.18 Å². The van der Waals surface area contributed by atoms with E-state index in [4.69, 9.17) is 0 Å². The molecule has 2 rings (SSSR count). The van der Waals surface area contributed by atoms with Crippen LogP contribution in [-0.4, -0.2) is 34.5 Å². The predicted octanol–water partition coefficient (Wildman–Crippen LogP) is 4.69. The number of rotatable bonds is 5. The van der Waals surface area contributed by atoms with Gasteiger partial charge in [0.25, 0.3) is 5.91 Å². The number of hydrogen-bond acceptors (Lipinski definition) is 2. The number of carbonyl (C=O) groups excluding carboxylic acids is 1. The fourth-order valence-electron chi connectivity index (χ4n) is 4.16. The average molecular weight is 349 g/mol. The van der Waals surface area contributed by atoms with Gasteiger partial charge in [0.1, 0.15) is 5.82 Å². The van der Waals surface area contributed by atoms with Crippen LogP contribution in [0.2, 0.25) is 0 Å².